The quantitative estimate of drug-likeness (QED) is 0.0177. The molecule has 9 rings (SSSR count). The third-order valence-corrected chi connectivity index (χ3v) is 15.1. The second-order valence-electron chi connectivity index (χ2n) is 16.0. The molecule has 2 aliphatic heterocycles. The Morgan fingerprint density at radius 1 is 0.720 bits per heavy atom. The maximum absolute atomic E-state index is 13.0. The Morgan fingerprint density at radius 2 is 1.29 bits per heavy atom. The van der Waals surface area contributed by atoms with Gasteiger partial charge in [-0.25, -0.2) is 9.19 Å². The second-order valence-corrected chi connectivity index (χ2v) is 21.9. The fourth-order valence-corrected chi connectivity index (χ4v) is 10.9. The highest BCUT2D eigenvalue weighted by molar-refractivity contribution is 7.98. The van der Waals surface area contributed by atoms with Crippen LogP contribution in [0.1, 0.15) is 13.8 Å². The molecule has 32 heteroatoms. The van der Waals surface area contributed by atoms with Gasteiger partial charge in [-0.1, -0.05) is 47.5 Å². The average Bonchev–Trinajstić information content (AvgIpc) is 3.34. The van der Waals surface area contributed by atoms with Crippen molar-refractivity contribution in [1.82, 2.24) is 34.9 Å². The number of hydrogen-bond acceptors (Lipinski definition) is 22. The number of aromatic nitrogens is 7. The minimum absolute atomic E-state index is 0.00311. The first-order chi connectivity index (χ1) is 35.6. The number of para-hydroxylation sites is 2. The van der Waals surface area contributed by atoms with E-state index < -0.39 is 42.3 Å². The summed E-state index contributed by atoms with van der Waals surface area (Å²) < 4.78 is 103. The van der Waals surface area contributed by atoms with Crippen LogP contribution in [0.4, 0.5) is 52.2 Å². The van der Waals surface area contributed by atoms with Gasteiger partial charge in [0.25, 0.3) is 20.2 Å². The molecule has 0 fully saturated rings. The molecule has 75 heavy (non-hydrogen) atoms. The van der Waals surface area contributed by atoms with Gasteiger partial charge in [-0.2, -0.15) is 46.7 Å². The fraction of sp³-hybridized carbons (Fsp3) is 0.163. The van der Waals surface area contributed by atoms with Gasteiger partial charge in [-0.15, -0.1) is 11.8 Å². The minimum Gasteiger partial charge on any atom is -0.450 e. The number of nitrogens with zero attached hydrogens (tertiary/aromatic N) is 8. The predicted molar refractivity (Wildman–Crippen MR) is 285 cm³/mol. The first-order valence-corrected chi connectivity index (χ1v) is 28.2. The number of fused-ring (bicyclic) bond motifs is 4. The van der Waals surface area contributed by atoms with Crippen LogP contribution in [0.3, 0.4) is 0 Å². The Kier molecular flexibility index (Phi) is 15.4. The van der Waals surface area contributed by atoms with Crippen molar-refractivity contribution >= 4 is 153 Å². The Labute approximate surface area is 452 Å². The van der Waals surface area contributed by atoms with E-state index in [1.165, 1.54) is 66.4 Å². The van der Waals surface area contributed by atoms with Crippen LogP contribution in [0.2, 0.25) is 20.6 Å². The number of thioether (sulfide) groups is 1. The summed E-state index contributed by atoms with van der Waals surface area (Å²) >= 11 is 25.2. The molecular weight excluding hydrogens is 1140 g/mol. The Hall–Kier alpha value is -6.44. The highest BCUT2D eigenvalue weighted by Crippen LogP contribution is 2.56. The third kappa shape index (κ3) is 11.7. The molecule has 3 unspecified atom stereocenters. The van der Waals surface area contributed by atoms with E-state index in [4.69, 9.17) is 60.5 Å². The summed E-state index contributed by atoms with van der Waals surface area (Å²) in [6.07, 6.45) is 1.87. The topological polar surface area (TPSA) is 343 Å². The van der Waals surface area contributed by atoms with E-state index in [1.54, 1.807) is 19.1 Å². The van der Waals surface area contributed by atoms with Crippen LogP contribution >= 0.6 is 58.2 Å². The van der Waals surface area contributed by atoms with E-state index in [-0.39, 0.29) is 118 Å². The van der Waals surface area contributed by atoms with E-state index in [2.05, 4.69) is 66.8 Å². The van der Waals surface area contributed by atoms with Crippen LogP contribution < -0.4 is 42.0 Å². The van der Waals surface area contributed by atoms with E-state index in [0.717, 1.165) is 0 Å². The van der Waals surface area contributed by atoms with Crippen LogP contribution in [0.15, 0.2) is 102 Å². The first kappa shape index (κ1) is 53.4. The predicted octanol–water partition coefficient (Wildman–Crippen LogP) is 9.36. The van der Waals surface area contributed by atoms with Crippen molar-refractivity contribution < 1.29 is 43.9 Å². The summed E-state index contributed by atoms with van der Waals surface area (Å²) in [5, 5.41) is 18.0. The molecule has 1 aliphatic carbocycles. The monoisotopic (exact) mass is 1180 g/mol. The van der Waals surface area contributed by atoms with Crippen LogP contribution in [-0.4, -0.2) is 101 Å². The van der Waals surface area contributed by atoms with Crippen LogP contribution in [0.25, 0.3) is 22.6 Å². The molecule has 6 aromatic rings. The molecule has 2 aromatic heterocycles. The number of halogens is 4. The summed E-state index contributed by atoms with van der Waals surface area (Å²) in [5.74, 6) is 0.336. The van der Waals surface area contributed by atoms with E-state index in [1.807, 2.05) is 19.2 Å². The van der Waals surface area contributed by atoms with Crippen molar-refractivity contribution in [2.24, 2.45) is 4.99 Å². The summed E-state index contributed by atoms with van der Waals surface area (Å²) in [4.78, 5) is 33.8. The highest BCUT2D eigenvalue weighted by Gasteiger charge is 2.32. The largest absolute Gasteiger partial charge is 0.450 e. The average molecular weight is 1180 g/mol. The molecule has 3 aliphatic rings. The van der Waals surface area contributed by atoms with Crippen LogP contribution in [0.5, 0.6) is 11.5 Å². The summed E-state index contributed by atoms with van der Waals surface area (Å²) in [6, 6.07) is 17.0. The molecular formula is C43H36Cl4N14O10S4. The SMILES string of the molecule is CSc1c(NCC(C)Nc2nc(Cl)nc(Nc3ccccc3S(=O)(=O)O)n2)ccc2c1Oc1c(c(Cl)c3oc4c(S(=O)O)c(=NCC(C)Nc5nc(Cl)nc(Nc6ccccc6S(=O)(=O)O)n5)ccc-4nc3c1Cl)N2. The molecule has 4 aromatic carbocycles. The number of benzene rings is 5. The first-order valence-electron chi connectivity index (χ1n) is 21.5. The van der Waals surface area contributed by atoms with Gasteiger partial charge in [0.1, 0.15) is 41.6 Å². The van der Waals surface area contributed by atoms with Gasteiger partial charge < -0.3 is 45.6 Å². The number of rotatable bonds is 17. The van der Waals surface area contributed by atoms with Gasteiger partial charge in [0, 0.05) is 18.6 Å². The number of ether oxygens (including phenoxy) is 1. The zero-order valence-corrected chi connectivity index (χ0v) is 44.7. The smallest absolute Gasteiger partial charge is 0.296 e. The normalized spacial score (nSPS) is 13.8. The maximum Gasteiger partial charge on any atom is 0.296 e. The van der Waals surface area contributed by atoms with Crippen molar-refractivity contribution in [3.63, 3.8) is 0 Å². The lowest BCUT2D eigenvalue weighted by molar-refractivity contribution is 0.470. The van der Waals surface area contributed by atoms with Crippen LogP contribution in [-0.2, 0) is 31.3 Å². The van der Waals surface area contributed by atoms with Crippen molar-refractivity contribution in [3.05, 3.63) is 98.8 Å². The molecule has 0 saturated heterocycles. The number of anilines is 9. The van der Waals surface area contributed by atoms with Crippen LogP contribution in [0, 0.1) is 0 Å². The highest BCUT2D eigenvalue weighted by atomic mass is 35.5. The summed E-state index contributed by atoms with van der Waals surface area (Å²) in [5.41, 5.74) is 1.71. The molecule has 0 spiro atoms. The second kappa shape index (κ2) is 21.7. The third-order valence-electron chi connectivity index (χ3n) is 10.7. The van der Waals surface area contributed by atoms with Gasteiger partial charge in [0.2, 0.25) is 34.4 Å². The van der Waals surface area contributed by atoms with E-state index in [0.29, 0.717) is 28.6 Å². The van der Waals surface area contributed by atoms with E-state index in [9.17, 15) is 34.7 Å². The lowest BCUT2D eigenvalue weighted by Crippen LogP contribution is -2.26. The van der Waals surface area contributed by atoms with Gasteiger partial charge in [-0.05, 0) is 91.8 Å². The number of hydrogen-bond donors (Lipinski definition) is 9. The van der Waals surface area contributed by atoms with Gasteiger partial charge >= 0.3 is 0 Å². The molecule has 390 valence electrons. The molecule has 0 bridgehead atoms. The molecule has 24 nitrogen and oxygen atoms in total. The Morgan fingerprint density at radius 3 is 1.87 bits per heavy atom. The molecule has 4 heterocycles. The summed E-state index contributed by atoms with van der Waals surface area (Å²) in [7, 11) is -9.15. The Bertz CT molecular complexity index is 3890. The molecule has 0 radical (unpaired) electrons. The minimum atomic E-state index is -4.59. The lowest BCUT2D eigenvalue weighted by Gasteiger charge is -2.27. The Balaban J connectivity index is 0.927. The van der Waals surface area contributed by atoms with Crippen molar-refractivity contribution in [2.45, 2.75) is 45.5 Å². The molecule has 3 atom stereocenters. The summed E-state index contributed by atoms with van der Waals surface area (Å²) in [6.45, 7) is 3.91. The standard InChI is InChI=1S/C43H36Cl4N14O10S4/c1-18(50-40-56-38(46)58-42(60-40)54-20-8-4-6-10-26(20)74(64,65)66)16-48-24-14-12-22-32(36(24)72-3)70-34-28(44)31-35(29(45)30(34)52-22)71-33-23(53-31)13-15-25(37(33)73(62)63)49-17-19(2)51-41-57-39(47)59-43(61-41)55-21-9-5-7-11-27(21)75(67,68)69/h4-15,18-19,48,52H,16-17H2,1-3H3,(H,62,63)(H,64,65,66)(H,67,68,69)(H2,50,54,56,58,60)(H2,51,55,57,59,61). The maximum atomic E-state index is 13.0. The lowest BCUT2D eigenvalue weighted by atomic mass is 10.1. The number of nitrogens with one attached hydrogen (secondary N) is 6. The van der Waals surface area contributed by atoms with Crippen molar-refractivity contribution in [3.8, 4) is 23.0 Å². The van der Waals surface area contributed by atoms with Gasteiger partial charge in [0.05, 0.1) is 39.5 Å². The molecule has 0 amide bonds. The molecule has 9 N–H and O–H groups in total. The zero-order chi connectivity index (χ0) is 53.5. The zero-order valence-electron chi connectivity index (χ0n) is 38.4. The van der Waals surface area contributed by atoms with Crippen molar-refractivity contribution in [1.29, 1.82) is 0 Å². The van der Waals surface area contributed by atoms with Gasteiger partial charge in [-0.3, -0.25) is 14.1 Å². The van der Waals surface area contributed by atoms with Gasteiger partial charge in [0.15, 0.2) is 33.9 Å². The van der Waals surface area contributed by atoms with Crippen molar-refractivity contribution in [2.75, 3.05) is 51.2 Å². The fourth-order valence-electron chi connectivity index (χ4n) is 7.43. The molecule has 0 saturated carbocycles. The van der Waals surface area contributed by atoms with E-state index >= 15 is 0 Å².